The fourth-order valence-corrected chi connectivity index (χ4v) is 2.06. The van der Waals surface area contributed by atoms with Crippen molar-refractivity contribution in [3.63, 3.8) is 0 Å². The standard InChI is InChI=1S/C9H13N3O2S/c1-6-5-15-9(10-6)12-8(13)11-7-2-3-14-4-7/h5,7H,2-4H2,1H3,(H2,10,11,12,13). The molecule has 1 saturated heterocycles. The van der Waals surface area contributed by atoms with Crippen molar-refractivity contribution in [2.24, 2.45) is 0 Å². The van der Waals surface area contributed by atoms with Crippen molar-refractivity contribution in [3.8, 4) is 0 Å². The summed E-state index contributed by atoms with van der Waals surface area (Å²) in [6.07, 6.45) is 0.879. The lowest BCUT2D eigenvalue weighted by molar-refractivity contribution is 0.189. The molecule has 0 saturated carbocycles. The third-order valence-electron chi connectivity index (χ3n) is 2.10. The molecule has 2 rings (SSSR count). The lowest BCUT2D eigenvalue weighted by Gasteiger charge is -2.09. The highest BCUT2D eigenvalue weighted by Crippen LogP contribution is 2.14. The summed E-state index contributed by atoms with van der Waals surface area (Å²) in [6, 6.07) is -0.0779. The van der Waals surface area contributed by atoms with Gasteiger partial charge in [0, 0.05) is 12.0 Å². The molecule has 1 aromatic rings. The van der Waals surface area contributed by atoms with E-state index in [-0.39, 0.29) is 12.1 Å². The van der Waals surface area contributed by atoms with Crippen LogP contribution < -0.4 is 10.6 Å². The molecular formula is C9H13N3O2S. The first-order valence-corrected chi connectivity index (χ1v) is 5.69. The van der Waals surface area contributed by atoms with Gasteiger partial charge < -0.3 is 10.1 Å². The summed E-state index contributed by atoms with van der Waals surface area (Å²) in [7, 11) is 0. The summed E-state index contributed by atoms with van der Waals surface area (Å²) in [5.74, 6) is 0. The highest BCUT2D eigenvalue weighted by atomic mass is 32.1. The molecule has 1 atom stereocenters. The Bertz CT molecular complexity index is 347. The van der Waals surface area contributed by atoms with Gasteiger partial charge in [-0.3, -0.25) is 5.32 Å². The van der Waals surface area contributed by atoms with Crippen LogP contribution >= 0.6 is 11.3 Å². The van der Waals surface area contributed by atoms with Crippen LogP contribution in [0.4, 0.5) is 9.93 Å². The van der Waals surface area contributed by atoms with Crippen LogP contribution in [0.1, 0.15) is 12.1 Å². The van der Waals surface area contributed by atoms with Crippen LogP contribution in [0.2, 0.25) is 0 Å². The van der Waals surface area contributed by atoms with Gasteiger partial charge in [-0.1, -0.05) is 0 Å². The second-order valence-electron chi connectivity index (χ2n) is 3.45. The molecule has 1 aromatic heterocycles. The number of aryl methyl sites for hydroxylation is 1. The van der Waals surface area contributed by atoms with E-state index in [0.717, 1.165) is 18.7 Å². The van der Waals surface area contributed by atoms with Crippen molar-refractivity contribution in [1.29, 1.82) is 0 Å². The van der Waals surface area contributed by atoms with E-state index < -0.39 is 0 Å². The van der Waals surface area contributed by atoms with E-state index in [0.29, 0.717) is 11.7 Å². The maximum Gasteiger partial charge on any atom is 0.321 e. The van der Waals surface area contributed by atoms with Gasteiger partial charge in [0.2, 0.25) is 0 Å². The van der Waals surface area contributed by atoms with Crippen molar-refractivity contribution >= 4 is 22.5 Å². The first-order valence-electron chi connectivity index (χ1n) is 4.81. The zero-order valence-corrected chi connectivity index (χ0v) is 9.26. The molecule has 15 heavy (non-hydrogen) atoms. The molecule has 1 unspecified atom stereocenters. The smallest absolute Gasteiger partial charge is 0.321 e. The van der Waals surface area contributed by atoms with Gasteiger partial charge in [-0.2, -0.15) is 0 Å². The molecule has 0 bridgehead atoms. The summed E-state index contributed by atoms with van der Waals surface area (Å²) in [6.45, 7) is 3.22. The maximum atomic E-state index is 11.5. The second-order valence-corrected chi connectivity index (χ2v) is 4.31. The van der Waals surface area contributed by atoms with Gasteiger partial charge in [-0.05, 0) is 13.3 Å². The van der Waals surface area contributed by atoms with Crippen LogP contribution in [-0.4, -0.2) is 30.3 Å². The molecule has 1 aliphatic rings. The van der Waals surface area contributed by atoms with Crippen LogP contribution in [0.3, 0.4) is 0 Å². The Labute approximate surface area is 91.9 Å². The molecule has 6 heteroatoms. The van der Waals surface area contributed by atoms with Crippen LogP contribution in [0.15, 0.2) is 5.38 Å². The fraction of sp³-hybridized carbons (Fsp3) is 0.556. The Kier molecular flexibility index (Phi) is 3.17. The molecule has 0 aliphatic carbocycles. The molecule has 0 aromatic carbocycles. The van der Waals surface area contributed by atoms with Gasteiger partial charge >= 0.3 is 6.03 Å². The Hall–Kier alpha value is -1.14. The van der Waals surface area contributed by atoms with Gasteiger partial charge in [-0.25, -0.2) is 9.78 Å². The van der Waals surface area contributed by atoms with Crippen LogP contribution in [0, 0.1) is 6.92 Å². The highest BCUT2D eigenvalue weighted by molar-refractivity contribution is 7.13. The van der Waals surface area contributed by atoms with E-state index in [1.54, 1.807) is 0 Å². The first-order chi connectivity index (χ1) is 7.24. The summed E-state index contributed by atoms with van der Waals surface area (Å²) < 4.78 is 5.16. The number of urea groups is 1. The minimum absolute atomic E-state index is 0.131. The first kappa shape index (κ1) is 10.4. The zero-order chi connectivity index (χ0) is 10.7. The predicted molar refractivity (Wildman–Crippen MR) is 58.2 cm³/mol. The fourth-order valence-electron chi connectivity index (χ4n) is 1.38. The molecule has 2 heterocycles. The average Bonchev–Trinajstić information content (AvgIpc) is 2.77. The van der Waals surface area contributed by atoms with Gasteiger partial charge in [0.15, 0.2) is 5.13 Å². The highest BCUT2D eigenvalue weighted by Gasteiger charge is 2.17. The summed E-state index contributed by atoms with van der Waals surface area (Å²) in [4.78, 5) is 15.6. The van der Waals surface area contributed by atoms with Crippen molar-refractivity contribution < 1.29 is 9.53 Å². The second kappa shape index (κ2) is 4.59. The van der Waals surface area contributed by atoms with E-state index >= 15 is 0 Å². The van der Waals surface area contributed by atoms with Crippen molar-refractivity contribution in [2.75, 3.05) is 18.5 Å². The number of nitrogens with zero attached hydrogens (tertiary/aromatic N) is 1. The number of ether oxygens (including phenoxy) is 1. The number of thiazole rings is 1. The molecular weight excluding hydrogens is 214 g/mol. The number of carbonyl (C=O) groups excluding carboxylic acids is 1. The molecule has 1 fully saturated rings. The van der Waals surface area contributed by atoms with Crippen molar-refractivity contribution in [2.45, 2.75) is 19.4 Å². The number of hydrogen-bond donors (Lipinski definition) is 2. The van der Waals surface area contributed by atoms with Gasteiger partial charge in [-0.15, -0.1) is 11.3 Å². The van der Waals surface area contributed by atoms with E-state index in [9.17, 15) is 4.79 Å². The quantitative estimate of drug-likeness (QED) is 0.802. The maximum absolute atomic E-state index is 11.5. The van der Waals surface area contributed by atoms with Crippen molar-refractivity contribution in [1.82, 2.24) is 10.3 Å². The molecule has 5 nitrogen and oxygen atoms in total. The molecule has 0 spiro atoms. The van der Waals surface area contributed by atoms with Crippen LogP contribution in [0.5, 0.6) is 0 Å². The van der Waals surface area contributed by atoms with E-state index in [1.165, 1.54) is 11.3 Å². The molecule has 82 valence electrons. The number of anilines is 1. The Morgan fingerprint density at radius 2 is 2.60 bits per heavy atom. The van der Waals surface area contributed by atoms with Gasteiger partial charge in [0.25, 0.3) is 0 Å². The number of hydrogen-bond acceptors (Lipinski definition) is 4. The third kappa shape index (κ3) is 2.90. The van der Waals surface area contributed by atoms with Gasteiger partial charge in [0.05, 0.1) is 18.3 Å². The van der Waals surface area contributed by atoms with Crippen molar-refractivity contribution in [3.05, 3.63) is 11.1 Å². The SMILES string of the molecule is Cc1csc(NC(=O)NC2CCOC2)n1. The Morgan fingerprint density at radius 3 is 3.20 bits per heavy atom. The Morgan fingerprint density at radius 1 is 1.73 bits per heavy atom. The van der Waals surface area contributed by atoms with Crippen LogP contribution in [-0.2, 0) is 4.74 Å². The number of carbonyl (C=O) groups is 1. The summed E-state index contributed by atoms with van der Waals surface area (Å²) in [5, 5.41) is 8.05. The summed E-state index contributed by atoms with van der Waals surface area (Å²) >= 11 is 1.42. The largest absolute Gasteiger partial charge is 0.379 e. The Balaban J connectivity index is 1.81. The van der Waals surface area contributed by atoms with E-state index in [4.69, 9.17) is 4.74 Å². The number of nitrogens with one attached hydrogen (secondary N) is 2. The molecule has 2 amide bonds. The number of aromatic nitrogens is 1. The van der Waals surface area contributed by atoms with Crippen LogP contribution in [0.25, 0.3) is 0 Å². The van der Waals surface area contributed by atoms with E-state index in [1.807, 2.05) is 12.3 Å². The monoisotopic (exact) mass is 227 g/mol. The topological polar surface area (TPSA) is 63.2 Å². The lowest BCUT2D eigenvalue weighted by Crippen LogP contribution is -2.38. The van der Waals surface area contributed by atoms with Gasteiger partial charge in [0.1, 0.15) is 0 Å². The normalized spacial score (nSPS) is 20.2. The zero-order valence-electron chi connectivity index (χ0n) is 8.45. The average molecular weight is 227 g/mol. The van der Waals surface area contributed by atoms with E-state index in [2.05, 4.69) is 15.6 Å². The lowest BCUT2D eigenvalue weighted by atomic mass is 10.3. The summed E-state index contributed by atoms with van der Waals surface area (Å²) in [5.41, 5.74) is 0.916. The number of amides is 2. The number of rotatable bonds is 2. The predicted octanol–water partition coefficient (Wildman–Crippen LogP) is 1.36. The molecule has 0 radical (unpaired) electrons. The molecule has 1 aliphatic heterocycles. The third-order valence-corrected chi connectivity index (χ3v) is 2.98. The minimum atomic E-state index is -0.208. The molecule has 2 N–H and O–H groups in total. The minimum Gasteiger partial charge on any atom is -0.379 e.